The molecular weight excluding hydrogens is 246 g/mol. The number of aromatic nitrogens is 2. The topological polar surface area (TPSA) is 73.2 Å². The molecule has 0 saturated carbocycles. The molecule has 6 nitrogen and oxygen atoms in total. The van der Waals surface area contributed by atoms with E-state index in [1.165, 1.54) is 4.68 Å². The van der Waals surface area contributed by atoms with Gasteiger partial charge in [0.2, 0.25) is 5.91 Å². The summed E-state index contributed by atoms with van der Waals surface area (Å²) in [5.41, 5.74) is 0.876. The lowest BCUT2D eigenvalue weighted by Gasteiger charge is -2.08. The van der Waals surface area contributed by atoms with Crippen molar-refractivity contribution in [3.63, 3.8) is 0 Å². The number of hydrogen-bond donors (Lipinski definition) is 1. The van der Waals surface area contributed by atoms with Gasteiger partial charge in [-0.3, -0.25) is 9.48 Å². The Morgan fingerprint density at radius 1 is 1.37 bits per heavy atom. The van der Waals surface area contributed by atoms with E-state index < -0.39 is 5.97 Å². The molecule has 1 heterocycles. The van der Waals surface area contributed by atoms with Crippen molar-refractivity contribution in [3.05, 3.63) is 11.3 Å². The lowest BCUT2D eigenvalue weighted by molar-refractivity contribution is -0.116. The molecule has 1 rings (SSSR count). The van der Waals surface area contributed by atoms with Gasteiger partial charge in [-0.15, -0.1) is 0 Å². The molecule has 0 spiro atoms. The molecule has 0 aliphatic rings. The molecule has 1 aromatic rings. The fourth-order valence-corrected chi connectivity index (χ4v) is 1.78. The van der Waals surface area contributed by atoms with Crippen molar-refractivity contribution in [2.45, 2.75) is 40.0 Å². The van der Waals surface area contributed by atoms with Gasteiger partial charge in [0.05, 0.1) is 12.3 Å². The number of rotatable bonds is 6. The third-order valence-corrected chi connectivity index (χ3v) is 2.72. The second kappa shape index (κ2) is 6.92. The van der Waals surface area contributed by atoms with E-state index in [1.807, 2.05) is 6.92 Å². The fraction of sp³-hybridized carbons (Fsp3) is 0.615. The molecule has 1 aromatic heterocycles. The molecule has 0 unspecified atom stereocenters. The summed E-state index contributed by atoms with van der Waals surface area (Å²) in [6.07, 6.45) is 2.20. The van der Waals surface area contributed by atoms with Crippen molar-refractivity contribution in [1.29, 1.82) is 0 Å². The summed E-state index contributed by atoms with van der Waals surface area (Å²) in [5.74, 6) is -0.175. The van der Waals surface area contributed by atoms with E-state index in [1.54, 1.807) is 20.9 Å². The number of amides is 1. The van der Waals surface area contributed by atoms with Gasteiger partial charge in [-0.1, -0.05) is 13.3 Å². The molecule has 0 aliphatic heterocycles. The lowest BCUT2D eigenvalue weighted by Crippen LogP contribution is -2.17. The van der Waals surface area contributed by atoms with E-state index in [0.29, 0.717) is 23.5 Å². The third kappa shape index (κ3) is 3.81. The average molecular weight is 267 g/mol. The molecule has 0 aliphatic carbocycles. The number of esters is 1. The van der Waals surface area contributed by atoms with E-state index in [9.17, 15) is 9.59 Å². The van der Waals surface area contributed by atoms with E-state index in [2.05, 4.69) is 10.4 Å². The number of carbonyl (C=O) groups excluding carboxylic acids is 2. The normalized spacial score (nSPS) is 10.3. The standard InChI is InChI=1S/C13H21N3O3/c1-5-7-8-10(17)14-12-11(13(18)19-6-2)9(3)15-16(12)4/h5-8H2,1-4H3,(H,14,17). The fourth-order valence-electron chi connectivity index (χ4n) is 1.78. The van der Waals surface area contributed by atoms with Crippen LogP contribution in [0.2, 0.25) is 0 Å². The second-order valence-electron chi connectivity index (χ2n) is 4.30. The minimum atomic E-state index is -0.459. The Balaban J connectivity index is 2.93. The van der Waals surface area contributed by atoms with Crippen LogP contribution in [0.3, 0.4) is 0 Å². The van der Waals surface area contributed by atoms with Crippen molar-refractivity contribution in [2.24, 2.45) is 7.05 Å². The van der Waals surface area contributed by atoms with Crippen molar-refractivity contribution >= 4 is 17.7 Å². The maximum absolute atomic E-state index is 11.9. The summed E-state index contributed by atoms with van der Waals surface area (Å²) in [5, 5.41) is 6.88. The van der Waals surface area contributed by atoms with Gasteiger partial charge >= 0.3 is 5.97 Å². The van der Waals surface area contributed by atoms with Crippen LogP contribution in [-0.4, -0.2) is 28.3 Å². The molecule has 6 heteroatoms. The van der Waals surface area contributed by atoms with Crippen LogP contribution in [0.5, 0.6) is 0 Å². The van der Waals surface area contributed by atoms with Gasteiger partial charge < -0.3 is 10.1 Å². The number of anilines is 1. The van der Waals surface area contributed by atoms with Crippen molar-refractivity contribution in [2.75, 3.05) is 11.9 Å². The molecule has 0 bridgehead atoms. The number of hydrogen-bond acceptors (Lipinski definition) is 4. The molecule has 0 atom stereocenters. The summed E-state index contributed by atoms with van der Waals surface area (Å²) in [7, 11) is 1.69. The van der Waals surface area contributed by atoms with Crippen molar-refractivity contribution < 1.29 is 14.3 Å². The van der Waals surface area contributed by atoms with E-state index in [0.717, 1.165) is 12.8 Å². The Labute approximate surface area is 113 Å². The maximum Gasteiger partial charge on any atom is 0.343 e. The molecule has 106 valence electrons. The van der Waals surface area contributed by atoms with Crippen LogP contribution >= 0.6 is 0 Å². The SMILES string of the molecule is CCCCC(=O)Nc1c(C(=O)OCC)c(C)nn1C. The second-order valence-corrected chi connectivity index (χ2v) is 4.30. The highest BCUT2D eigenvalue weighted by Gasteiger charge is 2.22. The number of nitrogens with zero attached hydrogens (tertiary/aromatic N) is 2. The minimum Gasteiger partial charge on any atom is -0.462 e. The van der Waals surface area contributed by atoms with E-state index >= 15 is 0 Å². The molecule has 19 heavy (non-hydrogen) atoms. The highest BCUT2D eigenvalue weighted by atomic mass is 16.5. The third-order valence-electron chi connectivity index (χ3n) is 2.72. The van der Waals surface area contributed by atoms with Crippen LogP contribution in [0.15, 0.2) is 0 Å². The number of nitrogens with one attached hydrogen (secondary N) is 1. The van der Waals surface area contributed by atoms with Crippen LogP contribution in [0, 0.1) is 6.92 Å². The molecule has 0 radical (unpaired) electrons. The quantitative estimate of drug-likeness (QED) is 0.800. The zero-order chi connectivity index (χ0) is 14.4. The monoisotopic (exact) mass is 267 g/mol. The summed E-state index contributed by atoms with van der Waals surface area (Å²) in [6.45, 7) is 5.76. The zero-order valence-corrected chi connectivity index (χ0v) is 11.9. The van der Waals surface area contributed by atoms with Gasteiger partial charge in [-0.2, -0.15) is 5.10 Å². The predicted molar refractivity (Wildman–Crippen MR) is 72.1 cm³/mol. The average Bonchev–Trinajstić information content (AvgIpc) is 2.62. The Morgan fingerprint density at radius 2 is 2.05 bits per heavy atom. The molecule has 0 aromatic carbocycles. The van der Waals surface area contributed by atoms with Gasteiger partial charge in [-0.05, 0) is 20.3 Å². The Hall–Kier alpha value is -1.85. The highest BCUT2D eigenvalue weighted by molar-refractivity contribution is 6.01. The molecule has 0 fully saturated rings. The largest absolute Gasteiger partial charge is 0.462 e. The van der Waals surface area contributed by atoms with Gasteiger partial charge in [0.1, 0.15) is 11.4 Å². The van der Waals surface area contributed by atoms with E-state index in [4.69, 9.17) is 4.74 Å². The van der Waals surface area contributed by atoms with Gasteiger partial charge in [0.25, 0.3) is 0 Å². The first-order valence-corrected chi connectivity index (χ1v) is 6.51. The minimum absolute atomic E-state index is 0.115. The van der Waals surface area contributed by atoms with Crippen LogP contribution < -0.4 is 5.32 Å². The van der Waals surface area contributed by atoms with Crippen molar-refractivity contribution in [3.8, 4) is 0 Å². The molecule has 0 saturated heterocycles. The Morgan fingerprint density at radius 3 is 2.63 bits per heavy atom. The molecular formula is C13H21N3O3. The predicted octanol–water partition coefficient (Wildman–Crippen LogP) is 2.03. The first-order chi connectivity index (χ1) is 9.01. The first kappa shape index (κ1) is 15.2. The smallest absolute Gasteiger partial charge is 0.343 e. The summed E-state index contributed by atoms with van der Waals surface area (Å²) in [4.78, 5) is 23.6. The molecule has 1 amide bonds. The Kier molecular flexibility index (Phi) is 5.54. The van der Waals surface area contributed by atoms with Crippen LogP contribution in [0.25, 0.3) is 0 Å². The van der Waals surface area contributed by atoms with Crippen LogP contribution in [0.4, 0.5) is 5.82 Å². The highest BCUT2D eigenvalue weighted by Crippen LogP contribution is 2.20. The van der Waals surface area contributed by atoms with Gasteiger partial charge in [0.15, 0.2) is 0 Å². The summed E-state index contributed by atoms with van der Waals surface area (Å²) >= 11 is 0. The number of ether oxygens (including phenoxy) is 1. The van der Waals surface area contributed by atoms with Crippen LogP contribution in [0.1, 0.15) is 49.2 Å². The zero-order valence-electron chi connectivity index (χ0n) is 11.9. The van der Waals surface area contributed by atoms with Gasteiger partial charge in [-0.25, -0.2) is 4.79 Å². The lowest BCUT2D eigenvalue weighted by atomic mass is 10.2. The number of unbranched alkanes of at least 4 members (excludes halogenated alkanes) is 1. The van der Waals surface area contributed by atoms with E-state index in [-0.39, 0.29) is 12.5 Å². The van der Waals surface area contributed by atoms with Crippen molar-refractivity contribution in [1.82, 2.24) is 9.78 Å². The first-order valence-electron chi connectivity index (χ1n) is 6.51. The number of carbonyl (C=O) groups is 2. The van der Waals surface area contributed by atoms with Gasteiger partial charge in [0, 0.05) is 13.5 Å². The Bertz CT molecular complexity index is 466. The van der Waals surface area contributed by atoms with Crippen LogP contribution in [-0.2, 0) is 16.6 Å². The maximum atomic E-state index is 11.9. The summed E-state index contributed by atoms with van der Waals surface area (Å²) < 4.78 is 6.47. The number of aryl methyl sites for hydroxylation is 2. The molecule has 1 N–H and O–H groups in total. The summed E-state index contributed by atoms with van der Waals surface area (Å²) in [6, 6.07) is 0.